The van der Waals surface area contributed by atoms with Gasteiger partial charge in [0, 0.05) is 33.2 Å². The number of piperidine rings is 1. The molecule has 1 N–H and O–H groups in total. The highest BCUT2D eigenvalue weighted by molar-refractivity contribution is 14.0. The van der Waals surface area contributed by atoms with Gasteiger partial charge in [0.1, 0.15) is 0 Å². The monoisotopic (exact) mass is 484 g/mol. The number of halogens is 1. The minimum Gasteiger partial charge on any atom is -0.356 e. The van der Waals surface area contributed by atoms with Gasteiger partial charge in [-0.1, -0.05) is 37.3 Å². The van der Waals surface area contributed by atoms with Gasteiger partial charge in [-0.15, -0.1) is 24.0 Å². The van der Waals surface area contributed by atoms with Crippen molar-refractivity contribution in [3.8, 4) is 0 Å². The van der Waals surface area contributed by atoms with Crippen LogP contribution in [0.15, 0.2) is 35.3 Å². The average Bonchev–Trinajstić information content (AvgIpc) is 3.12. The van der Waals surface area contributed by atoms with Gasteiger partial charge in [0.15, 0.2) is 5.96 Å². The van der Waals surface area contributed by atoms with Crippen LogP contribution in [0.4, 0.5) is 0 Å². The number of hydrogen-bond donors (Lipinski definition) is 1. The largest absolute Gasteiger partial charge is 0.356 e. The van der Waals surface area contributed by atoms with Gasteiger partial charge in [0.25, 0.3) is 0 Å². The van der Waals surface area contributed by atoms with Crippen molar-refractivity contribution >= 4 is 29.9 Å². The highest BCUT2D eigenvalue weighted by Crippen LogP contribution is 2.22. The number of rotatable bonds is 6. The molecule has 4 nitrogen and oxygen atoms in total. The fourth-order valence-corrected chi connectivity index (χ4v) is 4.46. The molecule has 0 aliphatic carbocycles. The van der Waals surface area contributed by atoms with Crippen molar-refractivity contribution in [1.82, 2.24) is 15.1 Å². The first kappa shape index (κ1) is 22.5. The number of aliphatic imine (C=N–C) groups is 1. The molecule has 5 heteroatoms. The van der Waals surface area contributed by atoms with Crippen LogP contribution in [0.1, 0.15) is 38.2 Å². The third kappa shape index (κ3) is 6.93. The Hall–Kier alpha value is -0.820. The lowest BCUT2D eigenvalue weighted by atomic mass is 9.90. The van der Waals surface area contributed by atoms with E-state index in [4.69, 9.17) is 0 Å². The maximum Gasteiger partial charge on any atom is 0.193 e. The molecule has 1 unspecified atom stereocenters. The van der Waals surface area contributed by atoms with Crippen LogP contribution in [0, 0.1) is 11.8 Å². The molecule has 1 atom stereocenters. The Balaban J connectivity index is 0.00000261. The van der Waals surface area contributed by atoms with Crippen molar-refractivity contribution in [1.29, 1.82) is 0 Å². The molecule has 152 valence electrons. The van der Waals surface area contributed by atoms with E-state index in [9.17, 15) is 0 Å². The van der Waals surface area contributed by atoms with E-state index in [1.54, 1.807) is 0 Å². The number of nitrogens with one attached hydrogen (secondary N) is 1. The molecule has 0 saturated carbocycles. The van der Waals surface area contributed by atoms with Crippen molar-refractivity contribution in [3.63, 3.8) is 0 Å². The van der Waals surface area contributed by atoms with Gasteiger partial charge in [-0.2, -0.15) is 0 Å². The number of benzene rings is 1. The van der Waals surface area contributed by atoms with Crippen LogP contribution in [0.5, 0.6) is 0 Å². The molecular formula is C22H37IN4. The Bertz CT molecular complexity index is 555. The minimum absolute atomic E-state index is 0. The van der Waals surface area contributed by atoms with Gasteiger partial charge in [0.2, 0.25) is 0 Å². The van der Waals surface area contributed by atoms with Crippen LogP contribution in [0.2, 0.25) is 0 Å². The van der Waals surface area contributed by atoms with E-state index in [2.05, 4.69) is 57.4 Å². The molecule has 2 aliphatic rings. The Kier molecular flexibility index (Phi) is 9.90. The van der Waals surface area contributed by atoms with Crippen LogP contribution in [-0.4, -0.2) is 62.1 Å². The highest BCUT2D eigenvalue weighted by Gasteiger charge is 2.24. The lowest BCUT2D eigenvalue weighted by Crippen LogP contribution is -2.47. The third-order valence-corrected chi connectivity index (χ3v) is 5.95. The van der Waals surface area contributed by atoms with Gasteiger partial charge in [-0.3, -0.25) is 4.99 Å². The fourth-order valence-electron chi connectivity index (χ4n) is 4.46. The van der Waals surface area contributed by atoms with Crippen LogP contribution < -0.4 is 5.32 Å². The summed E-state index contributed by atoms with van der Waals surface area (Å²) in [5, 5.41) is 3.66. The van der Waals surface area contributed by atoms with Crippen LogP contribution in [0.25, 0.3) is 0 Å². The second-order valence-corrected chi connectivity index (χ2v) is 8.00. The van der Waals surface area contributed by atoms with E-state index in [0.717, 1.165) is 37.4 Å². The second-order valence-electron chi connectivity index (χ2n) is 8.00. The van der Waals surface area contributed by atoms with Crippen LogP contribution in [0.3, 0.4) is 0 Å². The molecular weight excluding hydrogens is 447 g/mol. The molecule has 0 spiro atoms. The Labute approximate surface area is 182 Å². The molecule has 2 aliphatic heterocycles. The third-order valence-electron chi connectivity index (χ3n) is 5.95. The molecule has 27 heavy (non-hydrogen) atoms. The van der Waals surface area contributed by atoms with Crippen molar-refractivity contribution in [2.24, 2.45) is 16.8 Å². The quantitative estimate of drug-likeness (QED) is 0.378. The van der Waals surface area contributed by atoms with E-state index >= 15 is 0 Å². The van der Waals surface area contributed by atoms with Crippen molar-refractivity contribution in [3.05, 3.63) is 35.9 Å². The summed E-state index contributed by atoms with van der Waals surface area (Å²) >= 11 is 0. The predicted octanol–water partition coefficient (Wildman–Crippen LogP) is 3.87. The number of likely N-dealkylation sites (tertiary alicyclic amines) is 2. The Morgan fingerprint density at radius 1 is 1.07 bits per heavy atom. The van der Waals surface area contributed by atoms with Crippen molar-refractivity contribution in [2.45, 2.75) is 39.0 Å². The maximum atomic E-state index is 4.55. The second kappa shape index (κ2) is 11.9. The Morgan fingerprint density at radius 2 is 1.78 bits per heavy atom. The first-order chi connectivity index (χ1) is 12.8. The number of hydrogen-bond acceptors (Lipinski definition) is 2. The smallest absolute Gasteiger partial charge is 0.193 e. The number of guanidine groups is 1. The molecule has 3 rings (SSSR count). The van der Waals surface area contributed by atoms with E-state index in [1.165, 1.54) is 57.3 Å². The van der Waals surface area contributed by atoms with Crippen LogP contribution >= 0.6 is 24.0 Å². The highest BCUT2D eigenvalue weighted by atomic mass is 127. The van der Waals surface area contributed by atoms with Crippen molar-refractivity contribution < 1.29 is 0 Å². The van der Waals surface area contributed by atoms with E-state index in [1.807, 2.05) is 7.05 Å². The summed E-state index contributed by atoms with van der Waals surface area (Å²) in [6.07, 6.45) is 6.34. The molecule has 0 aromatic heterocycles. The lowest BCUT2D eigenvalue weighted by molar-refractivity contribution is 0.257. The summed E-state index contributed by atoms with van der Waals surface area (Å²) < 4.78 is 0. The van der Waals surface area contributed by atoms with Crippen molar-refractivity contribution in [2.75, 3.05) is 46.3 Å². The SMILES string of the molecule is CCCN1CCC(CNC(=NC)N2CCC(Cc3ccccc3)CC2)C1.I. The Morgan fingerprint density at radius 3 is 2.44 bits per heavy atom. The van der Waals surface area contributed by atoms with Gasteiger partial charge in [-0.05, 0) is 62.6 Å². The molecule has 0 amide bonds. The zero-order valence-electron chi connectivity index (χ0n) is 17.1. The van der Waals surface area contributed by atoms with E-state index in [0.29, 0.717) is 0 Å². The predicted molar refractivity (Wildman–Crippen MR) is 126 cm³/mol. The van der Waals surface area contributed by atoms with Gasteiger partial charge in [0.05, 0.1) is 0 Å². The minimum atomic E-state index is 0. The maximum absolute atomic E-state index is 4.55. The molecule has 2 saturated heterocycles. The number of nitrogens with zero attached hydrogens (tertiary/aromatic N) is 3. The zero-order valence-corrected chi connectivity index (χ0v) is 19.4. The summed E-state index contributed by atoms with van der Waals surface area (Å²) in [6.45, 7) is 9.36. The van der Waals surface area contributed by atoms with E-state index in [-0.39, 0.29) is 24.0 Å². The standard InChI is InChI=1S/C22H36N4.HI/c1-3-12-25-13-9-21(18-25)17-24-22(23-2)26-14-10-20(11-15-26)16-19-7-5-4-6-8-19;/h4-8,20-21H,3,9-18H2,1-2H3,(H,23,24);1H. The fraction of sp³-hybridized carbons (Fsp3) is 0.682. The summed E-state index contributed by atoms with van der Waals surface area (Å²) in [5.74, 6) is 2.69. The molecule has 0 bridgehead atoms. The molecule has 2 heterocycles. The molecule has 0 radical (unpaired) electrons. The summed E-state index contributed by atoms with van der Waals surface area (Å²) in [6, 6.07) is 10.9. The van der Waals surface area contributed by atoms with Crippen LogP contribution in [-0.2, 0) is 6.42 Å². The first-order valence-corrected chi connectivity index (χ1v) is 10.5. The summed E-state index contributed by atoms with van der Waals surface area (Å²) in [4.78, 5) is 9.61. The molecule has 1 aromatic rings. The lowest BCUT2D eigenvalue weighted by Gasteiger charge is -2.34. The van der Waals surface area contributed by atoms with Gasteiger partial charge >= 0.3 is 0 Å². The summed E-state index contributed by atoms with van der Waals surface area (Å²) in [7, 11) is 1.93. The topological polar surface area (TPSA) is 30.9 Å². The van der Waals surface area contributed by atoms with Gasteiger partial charge < -0.3 is 15.1 Å². The molecule has 1 aromatic carbocycles. The average molecular weight is 484 g/mol. The normalized spacial score (nSPS) is 21.9. The zero-order chi connectivity index (χ0) is 18.2. The van der Waals surface area contributed by atoms with E-state index < -0.39 is 0 Å². The molecule has 2 fully saturated rings. The summed E-state index contributed by atoms with van der Waals surface area (Å²) in [5.41, 5.74) is 1.48. The van der Waals surface area contributed by atoms with Gasteiger partial charge in [-0.25, -0.2) is 0 Å². The first-order valence-electron chi connectivity index (χ1n) is 10.5.